The second kappa shape index (κ2) is 5.43. The summed E-state index contributed by atoms with van der Waals surface area (Å²) in [7, 11) is 0. The number of piperazine rings is 1. The van der Waals surface area contributed by atoms with Crippen LogP contribution >= 0.6 is 15.9 Å². The zero-order valence-corrected chi connectivity index (χ0v) is 13.1. The Labute approximate surface area is 123 Å². The molecule has 19 heavy (non-hydrogen) atoms. The fourth-order valence-electron chi connectivity index (χ4n) is 3.52. The van der Waals surface area contributed by atoms with Gasteiger partial charge in [-0.1, -0.05) is 15.9 Å². The Morgan fingerprint density at radius 1 is 1.37 bits per heavy atom. The molecule has 0 aliphatic carbocycles. The maximum atomic E-state index is 5.92. The molecule has 0 aromatic heterocycles. The third-order valence-corrected chi connectivity index (χ3v) is 5.00. The third-order valence-electron chi connectivity index (χ3n) is 4.51. The van der Waals surface area contributed by atoms with Crippen LogP contribution in [0.1, 0.15) is 25.3 Å². The van der Waals surface area contributed by atoms with Crippen molar-refractivity contribution in [1.82, 2.24) is 4.90 Å². The van der Waals surface area contributed by atoms with Crippen molar-refractivity contribution in [2.75, 3.05) is 24.5 Å². The van der Waals surface area contributed by atoms with Crippen LogP contribution in [0.2, 0.25) is 0 Å². The molecular formula is C15H22BrN3. The summed E-state index contributed by atoms with van der Waals surface area (Å²) in [5.74, 6) is 0. The number of nitrogens with two attached hydrogens (primary N) is 1. The maximum Gasteiger partial charge on any atom is 0.0415 e. The Morgan fingerprint density at radius 3 is 3.00 bits per heavy atom. The van der Waals surface area contributed by atoms with Crippen molar-refractivity contribution >= 4 is 21.6 Å². The first-order valence-electron chi connectivity index (χ1n) is 7.18. The summed E-state index contributed by atoms with van der Waals surface area (Å²) in [6.45, 7) is 6.55. The van der Waals surface area contributed by atoms with Crippen molar-refractivity contribution in [2.45, 2.75) is 38.4 Å². The van der Waals surface area contributed by atoms with Crippen LogP contribution in [0.15, 0.2) is 22.7 Å². The van der Waals surface area contributed by atoms with E-state index in [0.29, 0.717) is 12.6 Å². The molecule has 0 spiro atoms. The van der Waals surface area contributed by atoms with Gasteiger partial charge in [0.1, 0.15) is 0 Å². The maximum absolute atomic E-state index is 5.92. The molecule has 0 amide bonds. The van der Waals surface area contributed by atoms with E-state index in [4.69, 9.17) is 5.73 Å². The highest BCUT2D eigenvalue weighted by Gasteiger charge is 2.34. The van der Waals surface area contributed by atoms with Gasteiger partial charge in [-0.3, -0.25) is 4.90 Å². The largest absolute Gasteiger partial charge is 0.366 e. The zero-order chi connectivity index (χ0) is 13.4. The minimum atomic E-state index is 0.570. The van der Waals surface area contributed by atoms with Crippen molar-refractivity contribution < 1.29 is 0 Å². The normalized spacial score (nSPS) is 27.6. The molecule has 104 valence electrons. The van der Waals surface area contributed by atoms with E-state index in [-0.39, 0.29) is 0 Å². The number of hydrogen-bond donors (Lipinski definition) is 1. The third kappa shape index (κ3) is 2.54. The van der Waals surface area contributed by atoms with Crippen molar-refractivity contribution in [3.8, 4) is 0 Å². The number of hydrogen-bond acceptors (Lipinski definition) is 3. The number of benzene rings is 1. The lowest BCUT2D eigenvalue weighted by Crippen LogP contribution is -2.55. The van der Waals surface area contributed by atoms with Crippen LogP contribution in [0.25, 0.3) is 0 Å². The van der Waals surface area contributed by atoms with Gasteiger partial charge in [-0.2, -0.15) is 0 Å². The van der Waals surface area contributed by atoms with Crippen LogP contribution in [0, 0.1) is 0 Å². The molecule has 2 heterocycles. The van der Waals surface area contributed by atoms with E-state index in [9.17, 15) is 0 Å². The molecular weight excluding hydrogens is 302 g/mol. The summed E-state index contributed by atoms with van der Waals surface area (Å²) in [4.78, 5) is 5.21. The Kier molecular flexibility index (Phi) is 3.83. The standard InChI is InChI=1S/C15H22BrN3/c1-11-9-18-6-2-3-14(18)10-19(11)15-5-4-13(16)7-12(15)8-17/h4-5,7,11,14H,2-3,6,8-10,17H2,1H3. The lowest BCUT2D eigenvalue weighted by atomic mass is 10.0. The highest BCUT2D eigenvalue weighted by molar-refractivity contribution is 9.10. The molecule has 0 saturated carbocycles. The summed E-state index contributed by atoms with van der Waals surface area (Å²) in [5.41, 5.74) is 8.49. The topological polar surface area (TPSA) is 32.5 Å². The number of rotatable bonds is 2. The van der Waals surface area contributed by atoms with Gasteiger partial charge in [0, 0.05) is 41.9 Å². The highest BCUT2D eigenvalue weighted by Crippen LogP contribution is 2.31. The molecule has 3 rings (SSSR count). The molecule has 2 aliphatic rings. The van der Waals surface area contributed by atoms with E-state index in [1.165, 1.54) is 37.2 Å². The van der Waals surface area contributed by atoms with Gasteiger partial charge in [-0.05, 0) is 50.1 Å². The Hall–Kier alpha value is -0.580. The highest BCUT2D eigenvalue weighted by atomic mass is 79.9. The number of fused-ring (bicyclic) bond motifs is 1. The fourth-order valence-corrected chi connectivity index (χ4v) is 3.93. The summed E-state index contributed by atoms with van der Waals surface area (Å²) < 4.78 is 1.11. The van der Waals surface area contributed by atoms with E-state index in [2.05, 4.69) is 50.9 Å². The molecule has 2 N–H and O–H groups in total. The molecule has 1 aromatic rings. The van der Waals surface area contributed by atoms with E-state index >= 15 is 0 Å². The van der Waals surface area contributed by atoms with Crippen LogP contribution in [0.4, 0.5) is 5.69 Å². The average molecular weight is 324 g/mol. The number of halogens is 1. The second-order valence-corrected chi connectivity index (χ2v) is 6.69. The molecule has 2 aliphatic heterocycles. The average Bonchev–Trinajstić information content (AvgIpc) is 2.85. The summed E-state index contributed by atoms with van der Waals surface area (Å²) in [6.07, 6.45) is 2.70. The second-order valence-electron chi connectivity index (χ2n) is 5.77. The predicted molar refractivity (Wildman–Crippen MR) is 83.4 cm³/mol. The molecule has 2 fully saturated rings. The van der Waals surface area contributed by atoms with Gasteiger partial charge in [-0.15, -0.1) is 0 Å². The molecule has 2 atom stereocenters. The van der Waals surface area contributed by atoms with Gasteiger partial charge in [0.05, 0.1) is 0 Å². The lowest BCUT2D eigenvalue weighted by Gasteiger charge is -2.44. The first-order chi connectivity index (χ1) is 9.19. The smallest absolute Gasteiger partial charge is 0.0415 e. The van der Waals surface area contributed by atoms with E-state index < -0.39 is 0 Å². The van der Waals surface area contributed by atoms with Crippen LogP contribution in [-0.4, -0.2) is 36.6 Å². The van der Waals surface area contributed by atoms with Gasteiger partial charge in [0.25, 0.3) is 0 Å². The summed E-state index contributed by atoms with van der Waals surface area (Å²) in [5, 5.41) is 0. The first kappa shape index (κ1) is 13.4. The van der Waals surface area contributed by atoms with Gasteiger partial charge >= 0.3 is 0 Å². The van der Waals surface area contributed by atoms with E-state index in [1.54, 1.807) is 0 Å². The van der Waals surface area contributed by atoms with Crippen LogP contribution in [0.5, 0.6) is 0 Å². The zero-order valence-electron chi connectivity index (χ0n) is 11.5. The van der Waals surface area contributed by atoms with Crippen LogP contribution in [-0.2, 0) is 6.54 Å². The number of nitrogens with zero attached hydrogens (tertiary/aromatic N) is 2. The van der Waals surface area contributed by atoms with Crippen LogP contribution in [0.3, 0.4) is 0 Å². The van der Waals surface area contributed by atoms with Crippen molar-refractivity contribution in [3.05, 3.63) is 28.2 Å². The van der Waals surface area contributed by atoms with Gasteiger partial charge in [-0.25, -0.2) is 0 Å². The van der Waals surface area contributed by atoms with Crippen molar-refractivity contribution in [3.63, 3.8) is 0 Å². The molecule has 3 nitrogen and oxygen atoms in total. The monoisotopic (exact) mass is 323 g/mol. The van der Waals surface area contributed by atoms with Gasteiger partial charge in [0.15, 0.2) is 0 Å². The van der Waals surface area contributed by atoms with Gasteiger partial charge < -0.3 is 10.6 Å². The minimum absolute atomic E-state index is 0.570. The Morgan fingerprint density at radius 2 is 2.21 bits per heavy atom. The van der Waals surface area contributed by atoms with E-state index in [1.807, 2.05) is 0 Å². The lowest BCUT2D eigenvalue weighted by molar-refractivity contribution is 0.203. The Bertz CT molecular complexity index is 463. The van der Waals surface area contributed by atoms with Crippen molar-refractivity contribution in [2.24, 2.45) is 5.73 Å². The molecule has 2 saturated heterocycles. The Balaban J connectivity index is 1.88. The molecule has 2 unspecified atom stereocenters. The van der Waals surface area contributed by atoms with Gasteiger partial charge in [0.2, 0.25) is 0 Å². The molecule has 0 radical (unpaired) electrons. The summed E-state index contributed by atoms with van der Waals surface area (Å²) >= 11 is 3.54. The minimum Gasteiger partial charge on any atom is -0.366 e. The molecule has 1 aromatic carbocycles. The van der Waals surface area contributed by atoms with Crippen molar-refractivity contribution in [1.29, 1.82) is 0 Å². The number of anilines is 1. The quantitative estimate of drug-likeness (QED) is 0.908. The molecule has 4 heteroatoms. The van der Waals surface area contributed by atoms with E-state index in [0.717, 1.165) is 17.1 Å². The fraction of sp³-hybridized carbons (Fsp3) is 0.600. The first-order valence-corrected chi connectivity index (χ1v) is 7.97. The predicted octanol–water partition coefficient (Wildman–Crippen LogP) is 2.58. The SMILES string of the molecule is CC1CN2CCCC2CN1c1ccc(Br)cc1CN. The molecule has 0 bridgehead atoms. The summed E-state index contributed by atoms with van der Waals surface area (Å²) in [6, 6.07) is 7.81. The van der Waals surface area contributed by atoms with Crippen LogP contribution < -0.4 is 10.6 Å².